The number of aromatic nitrogens is 8. The van der Waals surface area contributed by atoms with Crippen molar-refractivity contribution in [2.24, 2.45) is 10.2 Å². The van der Waals surface area contributed by atoms with Gasteiger partial charge in [0.25, 0.3) is 16.1 Å². The molecule has 4 aromatic heterocycles. The topological polar surface area (TPSA) is 246 Å². The maximum Gasteiger partial charge on any atom is 0.294 e. The van der Waals surface area contributed by atoms with Gasteiger partial charge in [-0.1, -0.05) is 21.4 Å². The number of nitrogens with zero attached hydrogens (tertiary/aromatic N) is 9. The zero-order chi connectivity index (χ0) is 30.1. The quantitative estimate of drug-likeness (QED) is 0.0479. The first kappa shape index (κ1) is 29.2. The van der Waals surface area contributed by atoms with Crippen LogP contribution < -0.4 is 0 Å². The van der Waals surface area contributed by atoms with Crippen LogP contribution in [0.3, 0.4) is 0 Å². The molecule has 0 aliphatic carbocycles. The summed E-state index contributed by atoms with van der Waals surface area (Å²) in [4.78, 5) is 9.09. The van der Waals surface area contributed by atoms with Gasteiger partial charge in [0.1, 0.15) is 6.33 Å². The lowest BCUT2D eigenvalue weighted by molar-refractivity contribution is -0.432. The Morgan fingerprint density at radius 2 is 1.81 bits per heavy atom. The molecule has 4 heterocycles. The van der Waals surface area contributed by atoms with Crippen LogP contribution in [0.25, 0.3) is 32.4 Å². The van der Waals surface area contributed by atoms with E-state index in [2.05, 4.69) is 59.3 Å². The Labute approximate surface area is 251 Å². The normalized spacial score (nSPS) is 12.4. The second kappa shape index (κ2) is 12.0. The maximum atomic E-state index is 11.8. The number of azo groups is 1. The van der Waals surface area contributed by atoms with Crippen LogP contribution in [0.2, 0.25) is 0 Å². The van der Waals surface area contributed by atoms with Gasteiger partial charge in [-0.15, -0.1) is 24.0 Å². The highest BCUT2D eigenvalue weighted by molar-refractivity contribution is 7.94. The molecule has 0 bridgehead atoms. The summed E-state index contributed by atoms with van der Waals surface area (Å²) in [5, 5.41) is 48.6. The Kier molecular flexibility index (Phi) is 8.16. The Bertz CT molecular complexity index is 2090. The molecule has 0 fully saturated rings. The molecule has 2 aromatic carbocycles. The molecule has 222 valence electrons. The first-order valence-electron chi connectivity index (χ1n) is 11.3. The number of benzene rings is 2. The number of fused-ring (bicyclic) bond motifs is 2. The fourth-order valence-corrected chi connectivity index (χ4v) is 6.25. The largest absolute Gasteiger partial charge is 0.294 e. The number of aryl methyl sites for hydroxylation is 1. The second-order valence-corrected chi connectivity index (χ2v) is 12.2. The van der Waals surface area contributed by atoms with Gasteiger partial charge >= 0.3 is 0 Å². The van der Waals surface area contributed by atoms with Gasteiger partial charge in [-0.05, 0) is 43.3 Å². The molecule has 43 heavy (non-hydrogen) atoms. The monoisotopic (exact) mass is 666 g/mol. The summed E-state index contributed by atoms with van der Waals surface area (Å²) in [7, 11) is -4.60. The molecule has 6 aromatic rings. The number of hydrogen-bond donors (Lipinski definition) is 4. The first-order chi connectivity index (χ1) is 20.7. The third kappa shape index (κ3) is 6.12. The van der Waals surface area contributed by atoms with Crippen LogP contribution in [0, 0.1) is 6.92 Å². The lowest BCUT2D eigenvalue weighted by Gasteiger charge is -2.05. The summed E-state index contributed by atoms with van der Waals surface area (Å²) in [5.41, 5.74) is 2.03. The second-order valence-electron chi connectivity index (χ2n) is 8.18. The average molecular weight is 667 g/mol. The summed E-state index contributed by atoms with van der Waals surface area (Å²) < 4.78 is 45.7. The minimum absolute atomic E-state index is 0.0381. The van der Waals surface area contributed by atoms with E-state index in [1.165, 1.54) is 39.0 Å². The smallest absolute Gasteiger partial charge is 0.282 e. The zero-order valence-corrected chi connectivity index (χ0v) is 24.3. The molecule has 19 nitrogen and oxygen atoms in total. The molecule has 0 radical (unpaired) electrons. The van der Waals surface area contributed by atoms with Crippen molar-refractivity contribution < 1.29 is 42.2 Å². The molecule has 6 rings (SSSR count). The molecule has 0 unspecified atom stereocenters. The fourth-order valence-electron chi connectivity index (χ4n) is 3.77. The third-order valence-electron chi connectivity index (χ3n) is 5.52. The van der Waals surface area contributed by atoms with E-state index in [0.717, 1.165) is 22.8 Å². The van der Waals surface area contributed by atoms with E-state index in [4.69, 9.17) is 10.5 Å². The molecule has 0 saturated carbocycles. The van der Waals surface area contributed by atoms with Crippen molar-refractivity contribution in [1.29, 1.82) is 0 Å². The van der Waals surface area contributed by atoms with Crippen molar-refractivity contribution in [3.8, 4) is 16.5 Å². The lowest BCUT2D eigenvalue weighted by atomic mass is 10.2. The van der Waals surface area contributed by atoms with Crippen LogP contribution in [0.4, 0.5) is 11.6 Å². The Morgan fingerprint density at radius 1 is 1.02 bits per heavy atom. The first-order valence-corrected chi connectivity index (χ1v) is 15.1. The van der Waals surface area contributed by atoms with Gasteiger partial charge < -0.3 is 0 Å². The van der Waals surface area contributed by atoms with E-state index < -0.39 is 15.0 Å². The van der Waals surface area contributed by atoms with E-state index in [9.17, 15) is 13.0 Å². The van der Waals surface area contributed by atoms with Crippen LogP contribution in [-0.4, -0.2) is 63.0 Å². The van der Waals surface area contributed by atoms with Gasteiger partial charge in [0.2, 0.25) is 5.13 Å². The van der Waals surface area contributed by atoms with Gasteiger partial charge in [-0.3, -0.25) is 9.65 Å². The lowest BCUT2D eigenvalue weighted by Crippen LogP contribution is -2.00. The highest BCUT2D eigenvalue weighted by Gasteiger charge is 2.20. The van der Waals surface area contributed by atoms with Crippen LogP contribution in [0.1, 0.15) is 5.69 Å². The number of H-pyrrole nitrogens is 1. The fraction of sp³-hybridized carbons (Fsp3) is 0.0500. The molecule has 0 amide bonds. The molecule has 23 heteroatoms. The van der Waals surface area contributed by atoms with Crippen molar-refractivity contribution in [1.82, 2.24) is 39.6 Å². The average Bonchev–Trinajstić information content (AvgIpc) is 3.77. The van der Waals surface area contributed by atoms with E-state index in [1.807, 2.05) is 0 Å². The van der Waals surface area contributed by atoms with E-state index in [-0.39, 0.29) is 22.2 Å². The van der Waals surface area contributed by atoms with Crippen molar-refractivity contribution in [2.75, 3.05) is 0 Å². The van der Waals surface area contributed by atoms with Gasteiger partial charge in [0.05, 0.1) is 44.9 Å². The van der Waals surface area contributed by atoms with Crippen molar-refractivity contribution >= 4 is 73.0 Å². The number of thiazole rings is 1. The number of aromatic amines is 1. The predicted molar refractivity (Wildman–Crippen MR) is 147 cm³/mol. The van der Waals surface area contributed by atoms with Crippen LogP contribution >= 0.6 is 35.4 Å². The van der Waals surface area contributed by atoms with Gasteiger partial charge in [-0.2, -0.15) is 32.8 Å². The highest BCUT2D eigenvalue weighted by Crippen LogP contribution is 2.33. The zero-order valence-electron chi connectivity index (χ0n) is 21.0. The minimum Gasteiger partial charge on any atom is -0.282 e. The molecule has 0 aliphatic rings. The van der Waals surface area contributed by atoms with Crippen molar-refractivity contribution in [3.05, 3.63) is 48.4 Å². The number of rotatable bonds is 11. The Balaban J connectivity index is 1.28. The SMILES string of the molecule is Cc1nn2c(-c3cc(SOOO)cc(S(=O)(=O)O)c3)n[nH]c2c1/N=N/c1ncn(-c2nc3ccc(SOOO)cc3s2)n1. The van der Waals surface area contributed by atoms with Gasteiger partial charge in [0.15, 0.2) is 17.2 Å². The van der Waals surface area contributed by atoms with Gasteiger partial charge in [-0.25, -0.2) is 15.5 Å². The van der Waals surface area contributed by atoms with Crippen molar-refractivity contribution in [3.63, 3.8) is 0 Å². The summed E-state index contributed by atoms with van der Waals surface area (Å²) >= 11 is 2.67. The predicted octanol–water partition coefficient (Wildman–Crippen LogP) is 4.74. The molecule has 0 atom stereocenters. The molecule has 0 spiro atoms. The van der Waals surface area contributed by atoms with Crippen LogP contribution in [-0.2, 0) is 28.9 Å². The van der Waals surface area contributed by atoms with E-state index in [0.29, 0.717) is 44.6 Å². The van der Waals surface area contributed by atoms with E-state index in [1.54, 1.807) is 25.1 Å². The highest BCUT2D eigenvalue weighted by atomic mass is 32.2. The molecular weight excluding hydrogens is 653 g/mol. The number of hydrogen-bond acceptors (Lipinski definition) is 18. The van der Waals surface area contributed by atoms with Crippen LogP contribution in [0.15, 0.2) is 67.6 Å². The van der Waals surface area contributed by atoms with Crippen molar-refractivity contribution in [2.45, 2.75) is 21.6 Å². The summed E-state index contributed by atoms with van der Waals surface area (Å²) in [6.45, 7) is 1.68. The molecule has 0 aliphatic heterocycles. The van der Waals surface area contributed by atoms with Crippen LogP contribution in [0.5, 0.6) is 0 Å². The maximum absolute atomic E-state index is 11.8. The minimum atomic E-state index is -4.60. The standard InChI is InChI=1S/C20H14N10O9S4/c1-9-16(18-25-24-17(30(18)27-9)10-4-12(42-39-37-32)6-13(5-10)43(33,34)35)23-26-19-21-8-29(28-19)20-22-14-3-2-11(41-38-36-31)7-15(14)40-20/h2-8,25,31-32H,1H3,(H,33,34,35)/b26-23+. The Hall–Kier alpha value is -3.88. The molecule has 0 saturated heterocycles. The molecular formula is C20H14N10O9S4. The Morgan fingerprint density at radius 3 is 2.58 bits per heavy atom. The summed E-state index contributed by atoms with van der Waals surface area (Å²) in [5.74, 6) is 0.211. The number of nitrogens with one attached hydrogen (secondary N) is 1. The molecule has 4 N–H and O–H groups in total. The van der Waals surface area contributed by atoms with Gasteiger partial charge in [0, 0.05) is 15.4 Å². The third-order valence-corrected chi connectivity index (χ3v) is 8.49. The van der Waals surface area contributed by atoms with E-state index >= 15 is 0 Å². The summed E-state index contributed by atoms with van der Waals surface area (Å²) in [6.07, 6.45) is 1.43. The summed E-state index contributed by atoms with van der Waals surface area (Å²) in [6, 6.07) is 9.10.